The minimum Gasteiger partial charge on any atom is -0.491 e. The van der Waals surface area contributed by atoms with Crippen LogP contribution in [0, 0.1) is 41.2 Å². The van der Waals surface area contributed by atoms with Gasteiger partial charge in [-0.2, -0.15) is 4.39 Å². The van der Waals surface area contributed by atoms with Crippen molar-refractivity contribution in [2.24, 2.45) is 29.6 Å². The van der Waals surface area contributed by atoms with Gasteiger partial charge in [-0.1, -0.05) is 37.8 Å². The zero-order chi connectivity index (χ0) is 24.8. The summed E-state index contributed by atoms with van der Waals surface area (Å²) < 4.78 is 47.3. The summed E-state index contributed by atoms with van der Waals surface area (Å²) in [6.07, 6.45) is 19.1. The highest BCUT2D eigenvalue weighted by Gasteiger charge is 2.31. The Kier molecular flexibility index (Phi) is 9.64. The van der Waals surface area contributed by atoms with E-state index < -0.39 is 11.6 Å². The van der Waals surface area contributed by atoms with E-state index in [4.69, 9.17) is 4.74 Å². The monoisotopic (exact) mass is 490 g/mol. The Morgan fingerprint density at radius 3 is 1.89 bits per heavy atom. The quantitative estimate of drug-likeness (QED) is 0.352. The van der Waals surface area contributed by atoms with E-state index in [0.717, 1.165) is 49.4 Å². The largest absolute Gasteiger partial charge is 0.491 e. The zero-order valence-corrected chi connectivity index (χ0v) is 21.8. The lowest BCUT2D eigenvalue weighted by atomic mass is 9.68. The Balaban J connectivity index is 1.15. The van der Waals surface area contributed by atoms with Gasteiger partial charge in [0.05, 0.1) is 12.4 Å². The van der Waals surface area contributed by atoms with Crippen molar-refractivity contribution in [3.05, 3.63) is 41.2 Å². The van der Waals surface area contributed by atoms with Crippen LogP contribution in [0.3, 0.4) is 0 Å². The van der Waals surface area contributed by atoms with E-state index in [-0.39, 0.29) is 17.5 Å². The maximum atomic E-state index is 14.6. The number of benzene rings is 1. The highest BCUT2D eigenvalue weighted by atomic mass is 19.2. The van der Waals surface area contributed by atoms with Crippen LogP contribution in [0.1, 0.15) is 115 Å². The van der Waals surface area contributed by atoms with E-state index in [1.165, 1.54) is 64.2 Å². The molecule has 0 aromatic heterocycles. The van der Waals surface area contributed by atoms with Crippen molar-refractivity contribution < 1.29 is 17.9 Å². The molecule has 0 unspecified atom stereocenters. The number of rotatable bonds is 8. The Morgan fingerprint density at radius 2 is 1.34 bits per heavy atom. The average Bonchev–Trinajstić information content (AvgIpc) is 2.87. The Bertz CT molecular complexity index is 822. The molecule has 0 saturated heterocycles. The van der Waals surface area contributed by atoms with E-state index in [2.05, 4.69) is 0 Å². The van der Waals surface area contributed by atoms with Gasteiger partial charge in [-0.25, -0.2) is 8.78 Å². The first kappa shape index (κ1) is 26.6. The van der Waals surface area contributed by atoms with Gasteiger partial charge in [0.2, 0.25) is 5.82 Å². The standard InChI is InChI=1S/C31H45F3O/c1-3-35-29-19-18-28(30(33)31(29)34)27-16-8-23(9-17-27)5-4-22-6-12-25(13-7-22)26-14-10-24(11-15-26)20-21(2)32/h18-20,22-27H,3-17H2,1-2H3. The maximum Gasteiger partial charge on any atom is 0.200 e. The van der Waals surface area contributed by atoms with Gasteiger partial charge in [-0.05, 0) is 125 Å². The lowest BCUT2D eigenvalue weighted by molar-refractivity contribution is 0.147. The highest BCUT2D eigenvalue weighted by molar-refractivity contribution is 5.33. The fraction of sp³-hybridized carbons (Fsp3) is 0.742. The van der Waals surface area contributed by atoms with Crippen molar-refractivity contribution in [3.63, 3.8) is 0 Å². The van der Waals surface area contributed by atoms with E-state index in [0.29, 0.717) is 18.1 Å². The molecule has 4 rings (SSSR count). The summed E-state index contributed by atoms with van der Waals surface area (Å²) >= 11 is 0. The van der Waals surface area contributed by atoms with Gasteiger partial charge in [0.1, 0.15) is 0 Å². The van der Waals surface area contributed by atoms with Crippen LogP contribution in [0.5, 0.6) is 5.75 Å². The summed E-state index contributed by atoms with van der Waals surface area (Å²) in [5, 5.41) is 0. The first-order valence-corrected chi connectivity index (χ1v) is 14.4. The van der Waals surface area contributed by atoms with Crippen LogP contribution in [0.25, 0.3) is 0 Å². The molecule has 1 nitrogen and oxygen atoms in total. The first-order chi connectivity index (χ1) is 16.9. The van der Waals surface area contributed by atoms with Crippen LogP contribution in [-0.2, 0) is 0 Å². The van der Waals surface area contributed by atoms with Crippen molar-refractivity contribution in [2.45, 2.75) is 110 Å². The van der Waals surface area contributed by atoms with Gasteiger partial charge < -0.3 is 4.74 Å². The average molecular weight is 491 g/mol. The lowest BCUT2D eigenvalue weighted by Gasteiger charge is -2.38. The third kappa shape index (κ3) is 7.07. The third-order valence-electron chi connectivity index (χ3n) is 9.49. The summed E-state index contributed by atoms with van der Waals surface area (Å²) in [4.78, 5) is 0. The molecule has 0 aliphatic heterocycles. The zero-order valence-electron chi connectivity index (χ0n) is 21.8. The molecule has 3 aliphatic rings. The van der Waals surface area contributed by atoms with Crippen LogP contribution >= 0.6 is 0 Å². The topological polar surface area (TPSA) is 9.23 Å². The Hall–Kier alpha value is -1.45. The summed E-state index contributed by atoms with van der Waals surface area (Å²) in [7, 11) is 0. The molecule has 4 heteroatoms. The molecule has 0 N–H and O–H groups in total. The predicted octanol–water partition coefficient (Wildman–Crippen LogP) is 9.90. The van der Waals surface area contributed by atoms with Gasteiger partial charge >= 0.3 is 0 Å². The van der Waals surface area contributed by atoms with Crippen LogP contribution in [0.15, 0.2) is 24.0 Å². The van der Waals surface area contributed by atoms with Gasteiger partial charge in [-0.15, -0.1) is 0 Å². The summed E-state index contributed by atoms with van der Waals surface area (Å²) in [5.41, 5.74) is 0.535. The molecule has 0 amide bonds. The van der Waals surface area contributed by atoms with E-state index in [1.807, 2.05) is 6.08 Å². The number of hydrogen-bond donors (Lipinski definition) is 0. The summed E-state index contributed by atoms with van der Waals surface area (Å²) in [5.74, 6) is 2.43. The van der Waals surface area contributed by atoms with Crippen molar-refractivity contribution >= 4 is 0 Å². The van der Waals surface area contributed by atoms with Gasteiger partial charge in [0.25, 0.3) is 0 Å². The second-order valence-corrected chi connectivity index (χ2v) is 11.7. The molecule has 0 atom stereocenters. The van der Waals surface area contributed by atoms with Crippen LogP contribution in [0.4, 0.5) is 13.2 Å². The maximum absolute atomic E-state index is 14.6. The fourth-order valence-corrected chi connectivity index (χ4v) is 7.42. The molecular weight excluding hydrogens is 445 g/mol. The molecule has 1 aromatic rings. The number of halogens is 3. The minimum absolute atomic E-state index is 0.0142. The SMILES string of the molecule is CCOc1ccc(C2CCC(CCC3CCC(C4CCC(C=C(C)F)CC4)CC3)CC2)c(F)c1F. The molecule has 0 radical (unpaired) electrons. The normalized spacial score (nSPS) is 32.4. The van der Waals surface area contributed by atoms with E-state index in [1.54, 1.807) is 26.0 Å². The van der Waals surface area contributed by atoms with E-state index >= 15 is 0 Å². The van der Waals surface area contributed by atoms with Crippen molar-refractivity contribution in [1.82, 2.24) is 0 Å². The molecule has 35 heavy (non-hydrogen) atoms. The summed E-state index contributed by atoms with van der Waals surface area (Å²) in [6, 6.07) is 3.32. The molecule has 196 valence electrons. The molecule has 3 saturated carbocycles. The second kappa shape index (κ2) is 12.7. The van der Waals surface area contributed by atoms with Gasteiger partial charge in [0.15, 0.2) is 11.6 Å². The van der Waals surface area contributed by atoms with Crippen LogP contribution in [0.2, 0.25) is 0 Å². The molecule has 3 fully saturated rings. The molecular formula is C31H45F3O. The second-order valence-electron chi connectivity index (χ2n) is 11.7. The van der Waals surface area contributed by atoms with Crippen LogP contribution < -0.4 is 4.74 Å². The fourth-order valence-electron chi connectivity index (χ4n) is 7.42. The first-order valence-electron chi connectivity index (χ1n) is 14.4. The van der Waals surface area contributed by atoms with Crippen LogP contribution in [-0.4, -0.2) is 6.61 Å². The smallest absolute Gasteiger partial charge is 0.200 e. The number of hydrogen-bond acceptors (Lipinski definition) is 1. The van der Waals surface area contributed by atoms with Crippen molar-refractivity contribution in [2.75, 3.05) is 6.61 Å². The van der Waals surface area contributed by atoms with Gasteiger partial charge in [0, 0.05) is 0 Å². The van der Waals surface area contributed by atoms with Crippen molar-refractivity contribution in [3.8, 4) is 5.75 Å². The molecule has 0 heterocycles. The molecule has 3 aliphatic carbocycles. The Labute approximate surface area is 210 Å². The third-order valence-corrected chi connectivity index (χ3v) is 9.49. The van der Waals surface area contributed by atoms with Gasteiger partial charge in [-0.3, -0.25) is 0 Å². The van der Waals surface area contributed by atoms with E-state index in [9.17, 15) is 13.2 Å². The minimum atomic E-state index is -0.832. The molecule has 0 bridgehead atoms. The number of allylic oxidation sites excluding steroid dienone is 2. The Morgan fingerprint density at radius 1 is 0.800 bits per heavy atom. The predicted molar refractivity (Wildman–Crippen MR) is 137 cm³/mol. The summed E-state index contributed by atoms with van der Waals surface area (Å²) in [6.45, 7) is 3.68. The van der Waals surface area contributed by atoms with Crippen molar-refractivity contribution in [1.29, 1.82) is 0 Å². The molecule has 1 aromatic carbocycles. The number of ether oxygens (including phenoxy) is 1. The highest BCUT2D eigenvalue weighted by Crippen LogP contribution is 2.44. The molecule has 0 spiro atoms. The lowest BCUT2D eigenvalue weighted by Crippen LogP contribution is -2.26.